The fraction of sp³-hybridized carbons (Fsp3) is 0.690. The van der Waals surface area contributed by atoms with E-state index in [-0.39, 0.29) is 24.3 Å². The number of nitrogens with one attached hydrogen (secondary N) is 1. The highest BCUT2D eigenvalue weighted by atomic mass is 32.2. The predicted molar refractivity (Wildman–Crippen MR) is 147 cm³/mol. The second kappa shape index (κ2) is 12.5. The highest BCUT2D eigenvalue weighted by Crippen LogP contribution is 2.37. The Labute approximate surface area is 233 Å². The number of carbonyl (C=O) groups is 3. The van der Waals surface area contributed by atoms with Crippen molar-refractivity contribution in [2.45, 2.75) is 95.9 Å². The number of amides is 3. The van der Waals surface area contributed by atoms with Crippen molar-refractivity contribution in [3.05, 3.63) is 29.3 Å². The summed E-state index contributed by atoms with van der Waals surface area (Å²) in [6.45, 7) is 4.70. The SMILES string of the molecule is CCCC(CCCS(=O)O)C1CN(C2CCCCC2Oc2ccc3c(c2)CN(C2CCC(=O)NC2=O)C3=O)C1. The lowest BCUT2D eigenvalue weighted by atomic mass is 9.78. The van der Waals surface area contributed by atoms with Gasteiger partial charge in [-0.1, -0.05) is 26.2 Å². The van der Waals surface area contributed by atoms with Crippen LogP contribution in [0.4, 0.5) is 0 Å². The molecule has 2 saturated heterocycles. The van der Waals surface area contributed by atoms with Gasteiger partial charge >= 0.3 is 0 Å². The lowest BCUT2D eigenvalue weighted by Crippen LogP contribution is -2.59. The van der Waals surface area contributed by atoms with Gasteiger partial charge in [-0.2, -0.15) is 0 Å². The number of rotatable bonds is 11. The van der Waals surface area contributed by atoms with Gasteiger partial charge in [-0.15, -0.1) is 0 Å². The number of likely N-dealkylation sites (tertiary alicyclic amines) is 1. The molecule has 5 atom stereocenters. The molecule has 0 spiro atoms. The average Bonchev–Trinajstić information content (AvgIpc) is 3.19. The molecule has 39 heavy (non-hydrogen) atoms. The van der Waals surface area contributed by atoms with Gasteiger partial charge < -0.3 is 14.2 Å². The maximum absolute atomic E-state index is 13.0. The summed E-state index contributed by atoms with van der Waals surface area (Å²) >= 11 is -1.71. The second-order valence-corrected chi connectivity index (χ2v) is 12.7. The summed E-state index contributed by atoms with van der Waals surface area (Å²) in [6, 6.07) is 5.39. The zero-order chi connectivity index (χ0) is 27.5. The maximum Gasteiger partial charge on any atom is 0.255 e. The van der Waals surface area contributed by atoms with Crippen LogP contribution in [0.5, 0.6) is 5.75 Å². The molecule has 5 rings (SSSR count). The van der Waals surface area contributed by atoms with Crippen molar-refractivity contribution in [2.24, 2.45) is 11.8 Å². The minimum absolute atomic E-state index is 0.0996. The number of imide groups is 1. The minimum atomic E-state index is -1.71. The van der Waals surface area contributed by atoms with Crippen LogP contribution < -0.4 is 10.1 Å². The quantitative estimate of drug-likeness (QED) is 0.315. The Balaban J connectivity index is 1.19. The van der Waals surface area contributed by atoms with Crippen molar-refractivity contribution in [1.82, 2.24) is 15.1 Å². The Morgan fingerprint density at radius 2 is 1.92 bits per heavy atom. The average molecular weight is 560 g/mol. The molecule has 214 valence electrons. The van der Waals surface area contributed by atoms with Gasteiger partial charge in [0.15, 0.2) is 11.1 Å². The molecule has 4 aliphatic rings. The molecule has 1 aromatic carbocycles. The number of carbonyl (C=O) groups excluding carboxylic acids is 3. The lowest BCUT2D eigenvalue weighted by Gasteiger charge is -2.50. The fourth-order valence-corrected chi connectivity index (χ4v) is 7.42. The number of hydrogen-bond acceptors (Lipinski definition) is 6. The molecular weight excluding hydrogens is 518 g/mol. The van der Waals surface area contributed by atoms with Crippen LogP contribution in [0.3, 0.4) is 0 Å². The van der Waals surface area contributed by atoms with Gasteiger partial charge in [0.2, 0.25) is 11.8 Å². The van der Waals surface area contributed by atoms with Crippen LogP contribution in [0.1, 0.15) is 87.1 Å². The van der Waals surface area contributed by atoms with Crippen LogP contribution >= 0.6 is 0 Å². The van der Waals surface area contributed by atoms with Crippen LogP contribution in [0, 0.1) is 11.8 Å². The van der Waals surface area contributed by atoms with E-state index in [1.165, 1.54) is 12.8 Å². The first-order valence-electron chi connectivity index (χ1n) is 14.6. The van der Waals surface area contributed by atoms with E-state index in [1.54, 1.807) is 4.90 Å². The maximum atomic E-state index is 13.0. The van der Waals surface area contributed by atoms with Crippen LogP contribution in [0.15, 0.2) is 18.2 Å². The summed E-state index contributed by atoms with van der Waals surface area (Å²) in [4.78, 5) is 41.1. The molecule has 0 bridgehead atoms. The molecule has 1 saturated carbocycles. The Kier molecular flexibility index (Phi) is 9.03. The van der Waals surface area contributed by atoms with Crippen molar-refractivity contribution in [1.29, 1.82) is 0 Å². The summed E-state index contributed by atoms with van der Waals surface area (Å²) in [5.41, 5.74) is 1.47. The van der Waals surface area contributed by atoms with E-state index in [1.807, 2.05) is 18.2 Å². The third-order valence-corrected chi connectivity index (χ3v) is 9.72. The molecule has 3 aliphatic heterocycles. The Bertz CT molecular complexity index is 1110. The highest BCUT2D eigenvalue weighted by Gasteiger charge is 2.42. The first-order chi connectivity index (χ1) is 18.8. The number of hydrogen-bond donors (Lipinski definition) is 2. The van der Waals surface area contributed by atoms with Crippen molar-refractivity contribution in [2.75, 3.05) is 18.8 Å². The van der Waals surface area contributed by atoms with Crippen molar-refractivity contribution >= 4 is 28.8 Å². The van der Waals surface area contributed by atoms with Gasteiger partial charge in [-0.05, 0) is 74.1 Å². The Morgan fingerprint density at radius 3 is 2.67 bits per heavy atom. The standard InChI is InChI=1S/C29H41N3O6S/c1-2-6-19(7-5-14-39(36)37)21-16-31(17-21)24-8-3-4-9-26(24)38-22-10-11-23-20(15-22)18-32(29(23)35)25-12-13-27(33)30-28(25)34/h10-11,15,19,21,24-26H,2-9,12-14,16-18H2,1H3,(H,36,37)(H,30,33,34). The third kappa shape index (κ3) is 6.38. The Morgan fingerprint density at radius 1 is 1.13 bits per heavy atom. The second-order valence-electron chi connectivity index (χ2n) is 11.7. The van der Waals surface area contributed by atoms with Crippen LogP contribution in [0.2, 0.25) is 0 Å². The van der Waals surface area contributed by atoms with Crippen LogP contribution in [-0.4, -0.2) is 73.3 Å². The molecule has 3 heterocycles. The van der Waals surface area contributed by atoms with E-state index < -0.39 is 23.0 Å². The largest absolute Gasteiger partial charge is 0.489 e. The molecule has 0 radical (unpaired) electrons. The Hall–Kier alpha value is -2.30. The lowest BCUT2D eigenvalue weighted by molar-refractivity contribution is -0.136. The first kappa shape index (κ1) is 28.2. The number of ether oxygens (including phenoxy) is 1. The zero-order valence-electron chi connectivity index (χ0n) is 22.8. The van der Waals surface area contributed by atoms with Gasteiger partial charge in [0, 0.05) is 43.4 Å². The molecule has 10 heteroatoms. The minimum Gasteiger partial charge on any atom is -0.489 e. The van der Waals surface area contributed by atoms with Crippen molar-refractivity contribution in [3.8, 4) is 5.75 Å². The first-order valence-corrected chi connectivity index (χ1v) is 15.9. The smallest absolute Gasteiger partial charge is 0.255 e. The van der Waals surface area contributed by atoms with E-state index in [2.05, 4.69) is 17.1 Å². The van der Waals surface area contributed by atoms with E-state index in [0.717, 1.165) is 62.9 Å². The van der Waals surface area contributed by atoms with Crippen LogP contribution in [-0.2, 0) is 27.2 Å². The van der Waals surface area contributed by atoms with Gasteiger partial charge in [0.1, 0.15) is 17.9 Å². The van der Waals surface area contributed by atoms with E-state index >= 15 is 0 Å². The van der Waals surface area contributed by atoms with E-state index in [0.29, 0.717) is 42.2 Å². The molecule has 5 unspecified atom stereocenters. The fourth-order valence-electron chi connectivity index (χ4n) is 7.00. The van der Waals surface area contributed by atoms with E-state index in [9.17, 15) is 18.6 Å². The molecular formula is C29H41N3O6S. The monoisotopic (exact) mass is 559 g/mol. The van der Waals surface area contributed by atoms with E-state index in [4.69, 9.17) is 9.29 Å². The van der Waals surface area contributed by atoms with Gasteiger partial charge in [-0.3, -0.25) is 24.6 Å². The van der Waals surface area contributed by atoms with Gasteiger partial charge in [0.25, 0.3) is 5.91 Å². The summed E-state index contributed by atoms with van der Waals surface area (Å²) in [5, 5.41) is 2.35. The van der Waals surface area contributed by atoms with Gasteiger partial charge in [0.05, 0.1) is 0 Å². The highest BCUT2D eigenvalue weighted by molar-refractivity contribution is 7.79. The molecule has 3 fully saturated rings. The summed E-state index contributed by atoms with van der Waals surface area (Å²) < 4.78 is 26.8. The molecule has 1 aromatic rings. The van der Waals surface area contributed by atoms with Crippen LogP contribution in [0.25, 0.3) is 0 Å². The third-order valence-electron chi connectivity index (χ3n) is 9.08. The van der Waals surface area contributed by atoms with Crippen molar-refractivity contribution < 1.29 is 27.9 Å². The molecule has 3 amide bonds. The van der Waals surface area contributed by atoms with Crippen molar-refractivity contribution in [3.63, 3.8) is 0 Å². The summed E-state index contributed by atoms with van der Waals surface area (Å²) in [5.74, 6) is 1.54. The molecule has 9 nitrogen and oxygen atoms in total. The zero-order valence-corrected chi connectivity index (χ0v) is 23.6. The number of nitrogens with zero attached hydrogens (tertiary/aromatic N) is 2. The summed E-state index contributed by atoms with van der Waals surface area (Å²) in [7, 11) is 0. The topological polar surface area (TPSA) is 116 Å². The van der Waals surface area contributed by atoms with Gasteiger partial charge in [-0.25, -0.2) is 4.21 Å². The number of fused-ring (bicyclic) bond motifs is 1. The number of piperidine rings is 1. The normalized spacial score (nSPS) is 27.6. The number of benzene rings is 1. The molecule has 2 N–H and O–H groups in total. The summed E-state index contributed by atoms with van der Waals surface area (Å²) in [6.07, 6.45) is 9.30. The predicted octanol–water partition coefficient (Wildman–Crippen LogP) is 3.49. The molecule has 1 aliphatic carbocycles. The molecule has 0 aromatic heterocycles.